The molecule has 128 valence electrons. The van der Waals surface area contributed by atoms with E-state index in [1.54, 1.807) is 12.1 Å². The first-order valence-electron chi connectivity index (χ1n) is 8.91. The monoisotopic (exact) mass is 334 g/mol. The average molecular weight is 334 g/mol. The highest BCUT2D eigenvalue weighted by molar-refractivity contribution is 5.31. The molecule has 1 atom stereocenters. The van der Waals surface area contributed by atoms with E-state index in [1.165, 1.54) is 16.8 Å². The number of hydrogen-bond donors (Lipinski definition) is 0. The summed E-state index contributed by atoms with van der Waals surface area (Å²) in [5.41, 5.74) is 4.47. The number of benzene rings is 2. The number of nitrogens with zero attached hydrogens (tertiary/aromatic N) is 2. The molecule has 0 bridgehead atoms. The zero-order valence-electron chi connectivity index (χ0n) is 14.5. The standard InChI is InChI=1S/C22H23FN2/c1-17-9-11-18(12-10-17)16-25-15-5-14-24-13-4-8-21(24)22(25)19-6-2-3-7-20(19)23/h2-4,6-13,22H,5,14-16H2,1H3/t22-/m1/s1. The van der Waals surface area contributed by atoms with Gasteiger partial charge in [-0.15, -0.1) is 0 Å². The van der Waals surface area contributed by atoms with Crippen LogP contribution in [0.25, 0.3) is 0 Å². The van der Waals surface area contributed by atoms with Crippen LogP contribution in [-0.2, 0) is 13.1 Å². The second-order valence-electron chi connectivity index (χ2n) is 6.86. The van der Waals surface area contributed by atoms with Gasteiger partial charge in [0, 0.05) is 37.1 Å². The first-order valence-corrected chi connectivity index (χ1v) is 8.91. The topological polar surface area (TPSA) is 8.17 Å². The van der Waals surface area contributed by atoms with E-state index < -0.39 is 0 Å². The number of hydrogen-bond acceptors (Lipinski definition) is 1. The van der Waals surface area contributed by atoms with Gasteiger partial charge >= 0.3 is 0 Å². The molecule has 1 aliphatic heterocycles. The van der Waals surface area contributed by atoms with Gasteiger partial charge in [0.05, 0.1) is 6.04 Å². The lowest BCUT2D eigenvalue weighted by Crippen LogP contribution is -2.30. The highest BCUT2D eigenvalue weighted by Gasteiger charge is 2.29. The van der Waals surface area contributed by atoms with Crippen LogP contribution >= 0.6 is 0 Å². The number of halogens is 1. The van der Waals surface area contributed by atoms with Gasteiger partial charge in [-0.3, -0.25) is 4.90 Å². The lowest BCUT2D eigenvalue weighted by Gasteiger charge is -2.31. The van der Waals surface area contributed by atoms with Crippen molar-refractivity contribution in [3.63, 3.8) is 0 Å². The van der Waals surface area contributed by atoms with Crippen molar-refractivity contribution < 1.29 is 4.39 Å². The molecular weight excluding hydrogens is 311 g/mol. The molecule has 0 spiro atoms. The zero-order valence-corrected chi connectivity index (χ0v) is 14.5. The van der Waals surface area contributed by atoms with E-state index in [9.17, 15) is 4.39 Å². The molecule has 25 heavy (non-hydrogen) atoms. The van der Waals surface area contributed by atoms with E-state index in [-0.39, 0.29) is 11.9 Å². The predicted octanol–water partition coefficient (Wildman–Crippen LogP) is 4.93. The van der Waals surface area contributed by atoms with Crippen LogP contribution in [0.15, 0.2) is 66.9 Å². The Hall–Kier alpha value is -2.39. The number of fused-ring (bicyclic) bond motifs is 1. The van der Waals surface area contributed by atoms with E-state index >= 15 is 0 Å². The molecule has 2 aromatic carbocycles. The van der Waals surface area contributed by atoms with E-state index in [2.05, 4.69) is 59.0 Å². The smallest absolute Gasteiger partial charge is 0.128 e. The molecule has 4 rings (SSSR count). The Balaban J connectivity index is 1.75. The van der Waals surface area contributed by atoms with Crippen molar-refractivity contribution in [2.45, 2.75) is 32.5 Å². The van der Waals surface area contributed by atoms with Crippen LogP contribution in [0.5, 0.6) is 0 Å². The first kappa shape index (κ1) is 16.1. The quantitative estimate of drug-likeness (QED) is 0.659. The van der Waals surface area contributed by atoms with Gasteiger partial charge in [-0.1, -0.05) is 48.0 Å². The maximum atomic E-state index is 14.6. The first-order chi connectivity index (χ1) is 12.2. The number of aryl methyl sites for hydroxylation is 2. The molecule has 0 saturated carbocycles. The second kappa shape index (κ2) is 6.85. The van der Waals surface area contributed by atoms with Gasteiger partial charge < -0.3 is 4.57 Å². The van der Waals surface area contributed by atoms with Crippen LogP contribution in [0.4, 0.5) is 4.39 Å². The third-order valence-corrected chi connectivity index (χ3v) is 5.06. The molecule has 1 aromatic heterocycles. The summed E-state index contributed by atoms with van der Waals surface area (Å²) in [7, 11) is 0. The highest BCUT2D eigenvalue weighted by atomic mass is 19.1. The molecule has 1 aliphatic rings. The third kappa shape index (κ3) is 3.24. The maximum absolute atomic E-state index is 14.6. The SMILES string of the molecule is Cc1ccc(CN2CCCn3cccc3[C@H]2c2ccccc2F)cc1. The van der Waals surface area contributed by atoms with Crippen molar-refractivity contribution in [1.82, 2.24) is 9.47 Å². The molecule has 0 amide bonds. The molecule has 0 fully saturated rings. The zero-order chi connectivity index (χ0) is 17.2. The molecule has 0 N–H and O–H groups in total. The van der Waals surface area contributed by atoms with Crippen molar-refractivity contribution in [2.75, 3.05) is 6.54 Å². The largest absolute Gasteiger partial charge is 0.350 e. The van der Waals surface area contributed by atoms with Gasteiger partial charge in [-0.25, -0.2) is 4.39 Å². The van der Waals surface area contributed by atoms with Crippen molar-refractivity contribution in [3.05, 3.63) is 95.1 Å². The molecular formula is C22H23FN2. The predicted molar refractivity (Wildman–Crippen MR) is 98.9 cm³/mol. The van der Waals surface area contributed by atoms with Gasteiger partial charge in [0.25, 0.3) is 0 Å². The van der Waals surface area contributed by atoms with E-state index in [0.717, 1.165) is 31.6 Å². The van der Waals surface area contributed by atoms with Crippen LogP contribution in [0.1, 0.15) is 34.8 Å². The summed E-state index contributed by atoms with van der Waals surface area (Å²) < 4.78 is 16.9. The molecule has 2 heterocycles. The van der Waals surface area contributed by atoms with Gasteiger partial charge in [-0.05, 0) is 37.1 Å². The lowest BCUT2D eigenvalue weighted by atomic mass is 10.0. The van der Waals surface area contributed by atoms with Crippen molar-refractivity contribution in [2.24, 2.45) is 0 Å². The van der Waals surface area contributed by atoms with E-state index in [1.807, 2.05) is 12.1 Å². The Kier molecular flexibility index (Phi) is 4.41. The molecule has 0 saturated heterocycles. The number of rotatable bonds is 3. The Morgan fingerprint density at radius 2 is 1.76 bits per heavy atom. The van der Waals surface area contributed by atoms with Gasteiger partial charge in [0.15, 0.2) is 0 Å². The Morgan fingerprint density at radius 1 is 0.960 bits per heavy atom. The average Bonchev–Trinajstić information content (AvgIpc) is 3.00. The van der Waals surface area contributed by atoms with Gasteiger partial charge in [0.2, 0.25) is 0 Å². The minimum Gasteiger partial charge on any atom is -0.350 e. The second-order valence-corrected chi connectivity index (χ2v) is 6.86. The summed E-state index contributed by atoms with van der Waals surface area (Å²) >= 11 is 0. The van der Waals surface area contributed by atoms with E-state index in [0.29, 0.717) is 0 Å². The normalized spacial score (nSPS) is 17.9. The molecule has 2 nitrogen and oxygen atoms in total. The van der Waals surface area contributed by atoms with Crippen LogP contribution in [0, 0.1) is 12.7 Å². The van der Waals surface area contributed by atoms with Crippen LogP contribution < -0.4 is 0 Å². The molecule has 3 heteroatoms. The summed E-state index contributed by atoms with van der Waals surface area (Å²) in [6.45, 7) is 4.86. The molecule has 0 aliphatic carbocycles. The molecule has 3 aromatic rings. The van der Waals surface area contributed by atoms with E-state index in [4.69, 9.17) is 0 Å². The Bertz CT molecular complexity index is 850. The van der Waals surface area contributed by atoms with Crippen molar-refractivity contribution in [1.29, 1.82) is 0 Å². The molecule has 0 radical (unpaired) electrons. The highest BCUT2D eigenvalue weighted by Crippen LogP contribution is 2.34. The van der Waals surface area contributed by atoms with Crippen LogP contribution in [0.2, 0.25) is 0 Å². The van der Waals surface area contributed by atoms with Crippen LogP contribution in [0.3, 0.4) is 0 Å². The van der Waals surface area contributed by atoms with Crippen LogP contribution in [-0.4, -0.2) is 16.0 Å². The fraction of sp³-hybridized carbons (Fsp3) is 0.273. The van der Waals surface area contributed by atoms with Gasteiger partial charge in [-0.2, -0.15) is 0 Å². The van der Waals surface area contributed by atoms with Crippen molar-refractivity contribution in [3.8, 4) is 0 Å². The molecule has 0 unspecified atom stereocenters. The lowest BCUT2D eigenvalue weighted by molar-refractivity contribution is 0.216. The summed E-state index contributed by atoms with van der Waals surface area (Å²) in [4.78, 5) is 2.40. The fourth-order valence-electron chi connectivity index (χ4n) is 3.79. The fourth-order valence-corrected chi connectivity index (χ4v) is 3.79. The summed E-state index contributed by atoms with van der Waals surface area (Å²) in [6, 6.07) is 20.0. The maximum Gasteiger partial charge on any atom is 0.128 e. The minimum atomic E-state index is -0.129. The summed E-state index contributed by atoms with van der Waals surface area (Å²) in [5, 5.41) is 0. The Labute approximate surface area is 148 Å². The Morgan fingerprint density at radius 3 is 2.56 bits per heavy atom. The minimum absolute atomic E-state index is 0.0556. The summed E-state index contributed by atoms with van der Waals surface area (Å²) in [6.07, 6.45) is 3.18. The third-order valence-electron chi connectivity index (χ3n) is 5.06. The van der Waals surface area contributed by atoms with Crippen molar-refractivity contribution >= 4 is 0 Å². The number of aromatic nitrogens is 1. The van der Waals surface area contributed by atoms with Gasteiger partial charge in [0.1, 0.15) is 5.82 Å². The summed E-state index contributed by atoms with van der Waals surface area (Å²) in [5.74, 6) is -0.129.